The van der Waals surface area contributed by atoms with Gasteiger partial charge in [-0.25, -0.2) is 4.39 Å². The van der Waals surface area contributed by atoms with Gasteiger partial charge in [-0.15, -0.1) is 0 Å². The van der Waals surface area contributed by atoms with E-state index in [0.717, 1.165) is 18.5 Å². The van der Waals surface area contributed by atoms with Crippen LogP contribution in [0.3, 0.4) is 0 Å². The van der Waals surface area contributed by atoms with Gasteiger partial charge in [0.15, 0.2) is 0 Å². The zero-order valence-corrected chi connectivity index (χ0v) is 12.4. The van der Waals surface area contributed by atoms with E-state index in [1.54, 1.807) is 12.1 Å². The molecule has 0 aromatic heterocycles. The van der Waals surface area contributed by atoms with Gasteiger partial charge < -0.3 is 10.6 Å². The summed E-state index contributed by atoms with van der Waals surface area (Å²) < 4.78 is 13.7. The molecule has 0 atom stereocenters. The molecule has 0 unspecified atom stereocenters. The van der Waals surface area contributed by atoms with E-state index >= 15 is 0 Å². The minimum Gasteiger partial charge on any atom is -0.319 e. The molecule has 3 nitrogen and oxygen atoms in total. The van der Waals surface area contributed by atoms with Crippen LogP contribution in [0.2, 0.25) is 5.02 Å². The van der Waals surface area contributed by atoms with E-state index in [2.05, 4.69) is 10.6 Å². The second-order valence-corrected chi connectivity index (χ2v) is 5.03. The molecule has 2 N–H and O–H groups in total. The summed E-state index contributed by atoms with van der Waals surface area (Å²) in [6.07, 6.45) is 0.720. The van der Waals surface area contributed by atoms with Gasteiger partial charge in [-0.3, -0.25) is 4.79 Å². The molecule has 0 aliphatic heterocycles. The van der Waals surface area contributed by atoms with Crippen LogP contribution in [0.4, 0.5) is 10.1 Å². The lowest BCUT2D eigenvalue weighted by molar-refractivity contribution is 0.102. The molecule has 2 aromatic carbocycles. The van der Waals surface area contributed by atoms with Gasteiger partial charge in [0, 0.05) is 10.6 Å². The van der Waals surface area contributed by atoms with Gasteiger partial charge in [0.05, 0.1) is 5.69 Å². The molecule has 0 saturated carbocycles. The van der Waals surface area contributed by atoms with Crippen molar-refractivity contribution in [3.8, 4) is 0 Å². The van der Waals surface area contributed by atoms with Crippen molar-refractivity contribution in [3.05, 3.63) is 64.4 Å². The first kappa shape index (κ1) is 15.5. The molecule has 0 aliphatic rings. The minimum absolute atomic E-state index is 0.0796. The Morgan fingerprint density at radius 2 is 2.00 bits per heavy atom. The maximum atomic E-state index is 13.7. The lowest BCUT2D eigenvalue weighted by atomic mass is 10.0. The maximum absolute atomic E-state index is 13.7. The average Bonchev–Trinajstić information content (AvgIpc) is 2.49. The number of halogens is 2. The molecular formula is C16H16ClFN2O. The van der Waals surface area contributed by atoms with Gasteiger partial charge in [-0.05, 0) is 49.8 Å². The Morgan fingerprint density at radius 1 is 1.24 bits per heavy atom. The smallest absolute Gasteiger partial charge is 0.256 e. The van der Waals surface area contributed by atoms with Crippen LogP contribution in [-0.4, -0.2) is 19.5 Å². The summed E-state index contributed by atoms with van der Waals surface area (Å²) in [7, 11) is 1.85. The zero-order valence-electron chi connectivity index (χ0n) is 11.6. The number of benzene rings is 2. The molecular weight excluding hydrogens is 291 g/mol. The van der Waals surface area contributed by atoms with Gasteiger partial charge in [-0.1, -0.05) is 29.8 Å². The molecule has 0 heterocycles. The number of nitrogens with one attached hydrogen (secondary N) is 2. The number of rotatable bonds is 5. The van der Waals surface area contributed by atoms with Crippen LogP contribution in [0.5, 0.6) is 0 Å². The SMILES string of the molecule is CNCCc1ccccc1C(=O)Nc1cc(Cl)ccc1F. The summed E-state index contributed by atoms with van der Waals surface area (Å²) >= 11 is 5.82. The quantitative estimate of drug-likeness (QED) is 0.888. The normalized spacial score (nSPS) is 10.4. The predicted molar refractivity (Wildman–Crippen MR) is 83.4 cm³/mol. The predicted octanol–water partition coefficient (Wildman–Crippen LogP) is 3.49. The molecule has 110 valence electrons. The highest BCUT2D eigenvalue weighted by atomic mass is 35.5. The molecule has 0 bridgehead atoms. The van der Waals surface area contributed by atoms with E-state index < -0.39 is 5.82 Å². The third-order valence-electron chi connectivity index (χ3n) is 3.08. The summed E-state index contributed by atoms with van der Waals surface area (Å²) in [6, 6.07) is 11.3. The fourth-order valence-corrected chi connectivity index (χ4v) is 2.17. The molecule has 0 saturated heterocycles. The fraction of sp³-hybridized carbons (Fsp3) is 0.188. The van der Waals surface area contributed by atoms with E-state index in [0.29, 0.717) is 10.6 Å². The second kappa shape index (κ2) is 7.20. The van der Waals surface area contributed by atoms with Crippen molar-refractivity contribution < 1.29 is 9.18 Å². The Bertz CT molecular complexity index is 646. The van der Waals surface area contributed by atoms with Crippen LogP contribution < -0.4 is 10.6 Å². The maximum Gasteiger partial charge on any atom is 0.256 e. The largest absolute Gasteiger partial charge is 0.319 e. The van der Waals surface area contributed by atoms with E-state index in [-0.39, 0.29) is 11.6 Å². The van der Waals surface area contributed by atoms with E-state index in [9.17, 15) is 9.18 Å². The second-order valence-electron chi connectivity index (χ2n) is 4.59. The first-order valence-corrected chi connectivity index (χ1v) is 6.98. The highest BCUT2D eigenvalue weighted by Gasteiger charge is 2.13. The number of carbonyl (C=O) groups excluding carboxylic acids is 1. The van der Waals surface area contributed by atoms with Crippen molar-refractivity contribution in [2.75, 3.05) is 18.9 Å². The Labute approximate surface area is 128 Å². The molecule has 5 heteroatoms. The highest BCUT2D eigenvalue weighted by Crippen LogP contribution is 2.21. The first-order chi connectivity index (χ1) is 10.1. The number of amides is 1. The standard InChI is InChI=1S/C16H16ClFN2O/c1-19-9-8-11-4-2-3-5-13(11)16(21)20-15-10-12(17)6-7-14(15)18/h2-7,10,19H,8-9H2,1H3,(H,20,21). The summed E-state index contributed by atoms with van der Waals surface area (Å²) in [5.74, 6) is -0.858. The van der Waals surface area contributed by atoms with E-state index in [1.807, 2.05) is 19.2 Å². The van der Waals surface area contributed by atoms with Crippen molar-refractivity contribution >= 4 is 23.2 Å². The molecule has 1 amide bonds. The number of anilines is 1. The van der Waals surface area contributed by atoms with Crippen molar-refractivity contribution in [3.63, 3.8) is 0 Å². The van der Waals surface area contributed by atoms with Gasteiger partial charge in [0.25, 0.3) is 5.91 Å². The lowest BCUT2D eigenvalue weighted by Gasteiger charge is -2.11. The molecule has 0 radical (unpaired) electrons. The van der Waals surface area contributed by atoms with E-state index in [1.165, 1.54) is 18.2 Å². The van der Waals surface area contributed by atoms with Crippen molar-refractivity contribution in [1.29, 1.82) is 0 Å². The van der Waals surface area contributed by atoms with Gasteiger partial charge in [0.1, 0.15) is 5.82 Å². The van der Waals surface area contributed by atoms with Gasteiger partial charge in [-0.2, -0.15) is 0 Å². The Kier molecular flexibility index (Phi) is 5.31. The highest BCUT2D eigenvalue weighted by molar-refractivity contribution is 6.31. The lowest BCUT2D eigenvalue weighted by Crippen LogP contribution is -2.17. The van der Waals surface area contributed by atoms with Gasteiger partial charge >= 0.3 is 0 Å². The topological polar surface area (TPSA) is 41.1 Å². The van der Waals surface area contributed by atoms with Crippen LogP contribution in [0.15, 0.2) is 42.5 Å². The van der Waals surface area contributed by atoms with Crippen LogP contribution in [0.1, 0.15) is 15.9 Å². The van der Waals surface area contributed by atoms with Crippen molar-refractivity contribution in [1.82, 2.24) is 5.32 Å². The number of likely N-dealkylation sites (N-methyl/N-ethyl adjacent to an activating group) is 1. The first-order valence-electron chi connectivity index (χ1n) is 6.60. The third-order valence-corrected chi connectivity index (χ3v) is 3.32. The van der Waals surface area contributed by atoms with Crippen LogP contribution in [0.25, 0.3) is 0 Å². The molecule has 0 fully saturated rings. The van der Waals surface area contributed by atoms with Crippen LogP contribution in [-0.2, 0) is 6.42 Å². The third kappa shape index (κ3) is 4.03. The molecule has 2 aromatic rings. The molecule has 0 spiro atoms. The summed E-state index contributed by atoms with van der Waals surface area (Å²) in [5.41, 5.74) is 1.52. The number of carbonyl (C=O) groups is 1. The zero-order chi connectivity index (χ0) is 15.2. The van der Waals surface area contributed by atoms with Crippen molar-refractivity contribution in [2.45, 2.75) is 6.42 Å². The fourth-order valence-electron chi connectivity index (χ4n) is 2.00. The Hall–Kier alpha value is -1.91. The monoisotopic (exact) mass is 306 g/mol. The van der Waals surface area contributed by atoms with Crippen LogP contribution >= 0.6 is 11.6 Å². The summed E-state index contributed by atoms with van der Waals surface area (Å²) in [4.78, 5) is 12.3. The minimum atomic E-state index is -0.513. The Balaban J connectivity index is 2.22. The molecule has 0 aliphatic carbocycles. The Morgan fingerprint density at radius 3 is 2.76 bits per heavy atom. The molecule has 2 rings (SSSR count). The number of hydrogen-bond donors (Lipinski definition) is 2. The van der Waals surface area contributed by atoms with Crippen molar-refractivity contribution in [2.24, 2.45) is 0 Å². The summed E-state index contributed by atoms with van der Waals surface area (Å²) in [5, 5.41) is 5.98. The van der Waals surface area contributed by atoms with Gasteiger partial charge in [0.2, 0.25) is 0 Å². The molecule has 21 heavy (non-hydrogen) atoms. The van der Waals surface area contributed by atoms with E-state index in [4.69, 9.17) is 11.6 Å². The summed E-state index contributed by atoms with van der Waals surface area (Å²) in [6.45, 7) is 0.760. The average molecular weight is 307 g/mol. The number of hydrogen-bond acceptors (Lipinski definition) is 2. The van der Waals surface area contributed by atoms with Crippen LogP contribution in [0, 0.1) is 5.82 Å².